The lowest BCUT2D eigenvalue weighted by molar-refractivity contribution is 0.597. The third kappa shape index (κ3) is 2.85. The topological polar surface area (TPSA) is 26.3 Å². The number of rotatable bonds is 2. The Morgan fingerprint density at radius 3 is 2.17 bits per heavy atom. The summed E-state index contributed by atoms with van der Waals surface area (Å²) < 4.78 is 12.4. The molecule has 0 unspecified atom stereocenters. The lowest BCUT2D eigenvalue weighted by atomic mass is 9.96. The van der Waals surface area contributed by atoms with Crippen molar-refractivity contribution in [2.24, 2.45) is 0 Å². The molecule has 8 rings (SSSR count). The summed E-state index contributed by atoms with van der Waals surface area (Å²) >= 11 is 1.84. The third-order valence-electron chi connectivity index (χ3n) is 6.91. The molecule has 0 aliphatic carbocycles. The molecule has 0 amide bonds. The van der Waals surface area contributed by atoms with Crippen molar-refractivity contribution in [1.82, 2.24) is 0 Å². The van der Waals surface area contributed by atoms with Gasteiger partial charge in [0.25, 0.3) is 0 Å². The first-order chi connectivity index (χ1) is 17.3. The van der Waals surface area contributed by atoms with Gasteiger partial charge in [-0.05, 0) is 71.1 Å². The average molecular weight is 467 g/mol. The van der Waals surface area contributed by atoms with Crippen LogP contribution in [0.2, 0.25) is 0 Å². The van der Waals surface area contributed by atoms with Gasteiger partial charge in [-0.1, -0.05) is 66.4 Å². The van der Waals surface area contributed by atoms with Crippen molar-refractivity contribution in [3.8, 4) is 33.8 Å². The van der Waals surface area contributed by atoms with E-state index in [1.54, 1.807) is 0 Å². The van der Waals surface area contributed by atoms with E-state index in [4.69, 9.17) is 8.83 Å². The third-order valence-corrected chi connectivity index (χ3v) is 8.04. The molecule has 0 saturated carbocycles. The number of fused-ring (bicyclic) bond motifs is 5. The number of para-hydroxylation sites is 1. The van der Waals surface area contributed by atoms with Gasteiger partial charge in [0.15, 0.2) is 0 Å². The first-order valence-corrected chi connectivity index (χ1v) is 12.5. The van der Waals surface area contributed by atoms with Crippen LogP contribution in [0.1, 0.15) is 0 Å². The quantitative estimate of drug-likeness (QED) is 0.254. The highest BCUT2D eigenvalue weighted by Crippen LogP contribution is 2.48. The smallest absolute Gasteiger partial charge is 0.135 e. The Morgan fingerprint density at radius 2 is 1.26 bits per heavy atom. The lowest BCUT2D eigenvalue weighted by Crippen LogP contribution is -1.93. The van der Waals surface area contributed by atoms with Gasteiger partial charge in [0.2, 0.25) is 0 Å². The van der Waals surface area contributed by atoms with Crippen molar-refractivity contribution in [2.75, 3.05) is 0 Å². The van der Waals surface area contributed by atoms with Crippen molar-refractivity contribution in [3.05, 3.63) is 109 Å². The van der Waals surface area contributed by atoms with Crippen molar-refractivity contribution in [1.29, 1.82) is 0 Å². The molecule has 35 heavy (non-hydrogen) atoms. The maximum absolute atomic E-state index is 6.39. The van der Waals surface area contributed by atoms with E-state index < -0.39 is 0 Å². The van der Waals surface area contributed by atoms with Gasteiger partial charge in [-0.3, -0.25) is 0 Å². The van der Waals surface area contributed by atoms with E-state index in [2.05, 4.69) is 84.9 Å². The molecule has 0 fully saturated rings. The molecular formula is C32H18O2S. The van der Waals surface area contributed by atoms with Crippen LogP contribution in [0.25, 0.3) is 66.5 Å². The Bertz CT molecular complexity index is 1930. The van der Waals surface area contributed by atoms with Gasteiger partial charge in [-0.2, -0.15) is 0 Å². The van der Waals surface area contributed by atoms with Crippen LogP contribution in [0.15, 0.2) is 128 Å². The minimum Gasteiger partial charge on any atom is -0.456 e. The molecule has 2 nitrogen and oxygen atoms in total. The second-order valence-corrected chi connectivity index (χ2v) is 10.0. The van der Waals surface area contributed by atoms with E-state index in [1.807, 2.05) is 36.0 Å². The maximum atomic E-state index is 6.39. The highest BCUT2D eigenvalue weighted by atomic mass is 32.2. The summed E-state index contributed by atoms with van der Waals surface area (Å²) in [7, 11) is 0. The standard InChI is InChI=1S/C32H18O2S/c1-2-9-28-22(7-1)24-17-20(11-13-29(24)34-28)26-14-15-27(33-26)21-12-16-30-25(18-21)23-8-3-5-19-6-4-10-31(35-30)32(19)23/h1-18H. The zero-order valence-electron chi connectivity index (χ0n) is 18.6. The SMILES string of the molecule is c1cc2c3c(cccc3c1)-c1cc(-c3ccc(-c4ccc5oc6ccccc6c5c4)o3)ccc1S2. The molecule has 1 aliphatic heterocycles. The van der Waals surface area contributed by atoms with Crippen LogP contribution in [-0.2, 0) is 0 Å². The van der Waals surface area contributed by atoms with Crippen molar-refractivity contribution in [3.63, 3.8) is 0 Å². The normalized spacial score (nSPS) is 12.5. The van der Waals surface area contributed by atoms with Crippen molar-refractivity contribution in [2.45, 2.75) is 9.79 Å². The molecule has 0 saturated heterocycles. The first-order valence-electron chi connectivity index (χ1n) is 11.7. The number of hydrogen-bond donors (Lipinski definition) is 0. The van der Waals surface area contributed by atoms with E-state index in [0.29, 0.717) is 0 Å². The van der Waals surface area contributed by atoms with Crippen LogP contribution in [0.5, 0.6) is 0 Å². The van der Waals surface area contributed by atoms with Crippen LogP contribution in [-0.4, -0.2) is 0 Å². The Balaban J connectivity index is 1.23. The molecule has 0 radical (unpaired) electrons. The predicted octanol–water partition coefficient (Wildman–Crippen LogP) is 9.80. The zero-order valence-corrected chi connectivity index (χ0v) is 19.4. The first kappa shape index (κ1) is 19.1. The van der Waals surface area contributed by atoms with Gasteiger partial charge < -0.3 is 8.83 Å². The van der Waals surface area contributed by atoms with Gasteiger partial charge in [0.05, 0.1) is 0 Å². The molecule has 7 aromatic rings. The fourth-order valence-corrected chi connectivity index (χ4v) is 6.37. The highest BCUT2D eigenvalue weighted by Gasteiger charge is 2.20. The van der Waals surface area contributed by atoms with E-state index in [9.17, 15) is 0 Å². The van der Waals surface area contributed by atoms with E-state index >= 15 is 0 Å². The fourth-order valence-electron chi connectivity index (χ4n) is 5.24. The fraction of sp³-hybridized carbons (Fsp3) is 0. The highest BCUT2D eigenvalue weighted by molar-refractivity contribution is 7.99. The second-order valence-electron chi connectivity index (χ2n) is 8.95. The van der Waals surface area contributed by atoms with Gasteiger partial charge in [-0.25, -0.2) is 0 Å². The molecule has 2 aromatic heterocycles. The van der Waals surface area contributed by atoms with E-state index in [1.165, 1.54) is 31.7 Å². The molecule has 3 heterocycles. The monoisotopic (exact) mass is 466 g/mol. The van der Waals surface area contributed by atoms with Crippen molar-refractivity contribution >= 4 is 44.5 Å². The predicted molar refractivity (Wildman–Crippen MR) is 144 cm³/mol. The Labute approximate surface area is 205 Å². The van der Waals surface area contributed by atoms with Crippen LogP contribution in [0.4, 0.5) is 0 Å². The number of benzene rings is 5. The molecule has 0 atom stereocenters. The summed E-state index contributed by atoms with van der Waals surface area (Å²) in [6.45, 7) is 0. The average Bonchev–Trinajstić information content (AvgIpc) is 3.54. The number of furan rings is 2. The zero-order chi connectivity index (χ0) is 22.9. The minimum atomic E-state index is 0.853. The molecular weight excluding hydrogens is 448 g/mol. The van der Waals surface area contributed by atoms with Gasteiger partial charge in [-0.15, -0.1) is 0 Å². The second kappa shape index (κ2) is 7.14. The maximum Gasteiger partial charge on any atom is 0.135 e. The Morgan fingerprint density at radius 1 is 0.486 bits per heavy atom. The van der Waals surface area contributed by atoms with Crippen LogP contribution >= 0.6 is 11.8 Å². The Kier molecular flexibility index (Phi) is 3.91. The van der Waals surface area contributed by atoms with E-state index in [-0.39, 0.29) is 0 Å². The Hall–Kier alpha value is -4.21. The van der Waals surface area contributed by atoms with Gasteiger partial charge >= 0.3 is 0 Å². The molecule has 0 bridgehead atoms. The molecule has 0 spiro atoms. The molecule has 164 valence electrons. The van der Waals surface area contributed by atoms with Gasteiger partial charge in [0, 0.05) is 37.1 Å². The van der Waals surface area contributed by atoms with Crippen LogP contribution < -0.4 is 0 Å². The van der Waals surface area contributed by atoms with Crippen molar-refractivity contribution < 1.29 is 8.83 Å². The summed E-state index contributed by atoms with van der Waals surface area (Å²) in [4.78, 5) is 2.60. The summed E-state index contributed by atoms with van der Waals surface area (Å²) in [6.07, 6.45) is 0. The summed E-state index contributed by atoms with van der Waals surface area (Å²) in [5, 5.41) is 4.85. The van der Waals surface area contributed by atoms with E-state index in [0.717, 1.165) is 44.6 Å². The largest absolute Gasteiger partial charge is 0.456 e. The molecule has 3 heteroatoms. The number of hydrogen-bond acceptors (Lipinski definition) is 3. The van der Waals surface area contributed by atoms with Gasteiger partial charge in [0.1, 0.15) is 22.7 Å². The summed E-state index contributed by atoms with van der Waals surface area (Å²) in [5.41, 5.74) is 6.48. The lowest BCUT2D eigenvalue weighted by Gasteiger charge is -2.20. The summed E-state index contributed by atoms with van der Waals surface area (Å²) in [5.74, 6) is 1.72. The summed E-state index contributed by atoms with van der Waals surface area (Å²) in [6, 6.07) is 38.3. The van der Waals surface area contributed by atoms with Crippen LogP contribution in [0, 0.1) is 0 Å². The van der Waals surface area contributed by atoms with Crippen LogP contribution in [0.3, 0.4) is 0 Å². The molecule has 5 aromatic carbocycles. The molecule has 0 N–H and O–H groups in total. The molecule has 1 aliphatic rings. The minimum absolute atomic E-state index is 0.853.